The fraction of sp³-hybridized carbons (Fsp3) is 0.412. The number of ether oxygens (including phenoxy) is 1. The fourth-order valence-corrected chi connectivity index (χ4v) is 7.14. The molecule has 2 saturated heterocycles. The number of halogens is 4. The van der Waals surface area contributed by atoms with E-state index in [1.807, 2.05) is 30.3 Å². The number of rotatable bonds is 9. The molecule has 6 rings (SSSR count). The Morgan fingerprint density at radius 3 is 2.39 bits per heavy atom. The number of carboxylic acid groups (broad SMARTS) is 1. The molecule has 232 valence electrons. The van der Waals surface area contributed by atoms with Crippen molar-refractivity contribution in [1.82, 2.24) is 9.80 Å². The van der Waals surface area contributed by atoms with E-state index in [0.29, 0.717) is 28.9 Å². The van der Waals surface area contributed by atoms with Crippen LogP contribution in [0.15, 0.2) is 60.7 Å². The summed E-state index contributed by atoms with van der Waals surface area (Å²) in [4.78, 5) is 28.2. The topological polar surface area (TPSA) is 70.1 Å². The zero-order valence-corrected chi connectivity index (χ0v) is 25.6. The molecule has 3 aromatic carbocycles. The molecule has 6 nitrogen and oxygen atoms in total. The largest absolute Gasteiger partial charge is 0.493 e. The smallest absolute Gasteiger partial charge is 0.326 e. The van der Waals surface area contributed by atoms with Crippen LogP contribution in [0, 0.1) is 11.7 Å². The molecule has 0 radical (unpaired) electrons. The molecule has 3 aromatic rings. The second kappa shape index (κ2) is 13.0. The van der Waals surface area contributed by atoms with Gasteiger partial charge in [0, 0.05) is 35.1 Å². The molecule has 1 amide bonds. The van der Waals surface area contributed by atoms with E-state index in [-0.39, 0.29) is 36.4 Å². The Morgan fingerprint density at radius 1 is 0.977 bits per heavy atom. The average molecular weight is 644 g/mol. The van der Waals surface area contributed by atoms with Gasteiger partial charge < -0.3 is 14.7 Å². The lowest BCUT2D eigenvalue weighted by molar-refractivity contribution is -0.141. The standard InChI is InChI=1S/C34H34Cl2F2N2O4/c35-24-10-21(11-25(36)13-24)17-39-9-8-20(12-30(39)23-4-2-1-3-5-23)19-44-32-16-29(38)28(15-27(32)22-6-7-22)33(41)40-18-26(37)14-31(40)34(42)43/h1-5,10-11,13,15-16,20,22,26,30-31H,6-9,12,14,17-19H2,(H,42,43)/t20?,26-,30+,31+/m1/s1. The van der Waals surface area contributed by atoms with Gasteiger partial charge in [-0.2, -0.15) is 0 Å². The number of aliphatic carboxylic acids is 1. The monoisotopic (exact) mass is 642 g/mol. The van der Waals surface area contributed by atoms with Crippen LogP contribution in [0.1, 0.15) is 71.1 Å². The van der Waals surface area contributed by atoms with Crippen molar-refractivity contribution in [3.05, 3.63) is 98.8 Å². The molecule has 0 bridgehead atoms. The summed E-state index contributed by atoms with van der Waals surface area (Å²) in [5, 5.41) is 10.7. The third kappa shape index (κ3) is 6.87. The van der Waals surface area contributed by atoms with Crippen LogP contribution in [0.25, 0.3) is 0 Å². The highest BCUT2D eigenvalue weighted by Gasteiger charge is 2.41. The van der Waals surface area contributed by atoms with E-state index in [4.69, 9.17) is 27.9 Å². The summed E-state index contributed by atoms with van der Waals surface area (Å²) in [5.74, 6) is -2.13. The predicted molar refractivity (Wildman–Crippen MR) is 165 cm³/mol. The number of alkyl halides is 1. The van der Waals surface area contributed by atoms with Gasteiger partial charge in [-0.15, -0.1) is 0 Å². The molecule has 10 heteroatoms. The predicted octanol–water partition coefficient (Wildman–Crippen LogP) is 7.68. The molecule has 1 unspecified atom stereocenters. The molecule has 2 aliphatic heterocycles. The van der Waals surface area contributed by atoms with Gasteiger partial charge >= 0.3 is 5.97 Å². The maximum atomic E-state index is 15.4. The number of carbonyl (C=O) groups is 2. The summed E-state index contributed by atoms with van der Waals surface area (Å²) >= 11 is 12.5. The van der Waals surface area contributed by atoms with Crippen LogP contribution in [0.4, 0.5) is 8.78 Å². The van der Waals surface area contributed by atoms with Crippen LogP contribution in [-0.2, 0) is 11.3 Å². The average Bonchev–Trinajstić information content (AvgIpc) is 3.76. The van der Waals surface area contributed by atoms with Gasteiger partial charge in [-0.1, -0.05) is 53.5 Å². The molecule has 1 aliphatic carbocycles. The van der Waals surface area contributed by atoms with E-state index in [0.717, 1.165) is 48.3 Å². The van der Waals surface area contributed by atoms with E-state index in [1.165, 1.54) is 17.7 Å². The first kappa shape index (κ1) is 30.8. The molecule has 2 heterocycles. The minimum atomic E-state index is -1.46. The van der Waals surface area contributed by atoms with Gasteiger partial charge in [0.15, 0.2) is 0 Å². The summed E-state index contributed by atoms with van der Waals surface area (Å²) in [6.07, 6.45) is 1.76. The number of amides is 1. The van der Waals surface area contributed by atoms with Gasteiger partial charge in [0.05, 0.1) is 18.7 Å². The number of hydrogen-bond donors (Lipinski definition) is 1. The van der Waals surface area contributed by atoms with Crippen molar-refractivity contribution in [3.8, 4) is 5.75 Å². The quantitative estimate of drug-likeness (QED) is 0.259. The number of likely N-dealkylation sites (tertiary alicyclic amines) is 2. The highest BCUT2D eigenvalue weighted by molar-refractivity contribution is 6.34. The van der Waals surface area contributed by atoms with Gasteiger partial charge in [-0.25, -0.2) is 13.6 Å². The van der Waals surface area contributed by atoms with Crippen molar-refractivity contribution in [2.75, 3.05) is 19.7 Å². The Hall–Kier alpha value is -3.20. The van der Waals surface area contributed by atoms with E-state index >= 15 is 4.39 Å². The first-order chi connectivity index (χ1) is 21.2. The summed E-state index contributed by atoms with van der Waals surface area (Å²) in [6.45, 7) is 1.55. The first-order valence-corrected chi connectivity index (χ1v) is 15.8. The molecule has 0 aromatic heterocycles. The summed E-state index contributed by atoms with van der Waals surface area (Å²) in [7, 11) is 0. The van der Waals surface area contributed by atoms with E-state index in [9.17, 15) is 19.1 Å². The lowest BCUT2D eigenvalue weighted by atomic mass is 9.87. The Balaban J connectivity index is 1.18. The molecule has 1 N–H and O–H groups in total. The summed E-state index contributed by atoms with van der Waals surface area (Å²) < 4.78 is 35.7. The zero-order valence-electron chi connectivity index (χ0n) is 24.1. The molecule has 3 fully saturated rings. The molecule has 4 atom stereocenters. The zero-order chi connectivity index (χ0) is 31.0. The number of piperidine rings is 1. The fourth-order valence-electron chi connectivity index (χ4n) is 6.57. The lowest BCUT2D eigenvalue weighted by Gasteiger charge is -2.40. The Kier molecular flexibility index (Phi) is 9.13. The Labute approximate surface area is 265 Å². The molecule has 1 saturated carbocycles. The third-order valence-corrected chi connectivity index (χ3v) is 9.37. The van der Waals surface area contributed by atoms with Gasteiger partial charge in [0.25, 0.3) is 5.91 Å². The van der Waals surface area contributed by atoms with Gasteiger partial charge in [-0.05, 0) is 85.0 Å². The van der Waals surface area contributed by atoms with Crippen molar-refractivity contribution in [1.29, 1.82) is 0 Å². The van der Waals surface area contributed by atoms with Crippen molar-refractivity contribution in [2.45, 2.75) is 62.8 Å². The van der Waals surface area contributed by atoms with Crippen LogP contribution in [0.2, 0.25) is 10.0 Å². The number of carbonyl (C=O) groups excluding carboxylic acids is 1. The number of hydrogen-bond acceptors (Lipinski definition) is 4. The SMILES string of the molecule is O=C(O)[C@@H]1C[C@@H](F)CN1C(=O)c1cc(C2CC2)c(OCC2CCN(Cc3cc(Cl)cc(Cl)c3)[C@H](c3ccccc3)C2)cc1F. The molecule has 0 spiro atoms. The minimum Gasteiger partial charge on any atom is -0.493 e. The third-order valence-electron chi connectivity index (χ3n) is 8.93. The van der Waals surface area contributed by atoms with Gasteiger partial charge in [0.1, 0.15) is 23.8 Å². The van der Waals surface area contributed by atoms with E-state index < -0.39 is 29.9 Å². The van der Waals surface area contributed by atoms with Crippen LogP contribution in [0.3, 0.4) is 0 Å². The van der Waals surface area contributed by atoms with Crippen LogP contribution >= 0.6 is 23.2 Å². The number of benzene rings is 3. The Bertz CT molecular complexity index is 1520. The summed E-state index contributed by atoms with van der Waals surface area (Å²) in [6, 6.07) is 17.5. The van der Waals surface area contributed by atoms with Crippen molar-refractivity contribution >= 4 is 35.1 Å². The van der Waals surface area contributed by atoms with Crippen LogP contribution < -0.4 is 4.74 Å². The van der Waals surface area contributed by atoms with Gasteiger partial charge in [0.2, 0.25) is 0 Å². The van der Waals surface area contributed by atoms with Gasteiger partial charge in [-0.3, -0.25) is 9.69 Å². The highest BCUT2D eigenvalue weighted by Crippen LogP contribution is 2.46. The van der Waals surface area contributed by atoms with Crippen LogP contribution in [-0.4, -0.2) is 58.7 Å². The molecule has 3 aliphatic rings. The van der Waals surface area contributed by atoms with Crippen molar-refractivity contribution in [3.63, 3.8) is 0 Å². The van der Waals surface area contributed by atoms with Crippen molar-refractivity contribution < 1.29 is 28.2 Å². The lowest BCUT2D eigenvalue weighted by Crippen LogP contribution is -2.41. The van der Waals surface area contributed by atoms with Crippen molar-refractivity contribution in [2.24, 2.45) is 5.92 Å². The highest BCUT2D eigenvalue weighted by atomic mass is 35.5. The maximum absolute atomic E-state index is 15.4. The second-order valence-corrected chi connectivity index (χ2v) is 13.0. The van der Waals surface area contributed by atoms with E-state index in [2.05, 4.69) is 17.0 Å². The van der Waals surface area contributed by atoms with Crippen LogP contribution in [0.5, 0.6) is 5.75 Å². The summed E-state index contributed by atoms with van der Waals surface area (Å²) in [5.41, 5.74) is 2.75. The molecular formula is C34H34Cl2F2N2O4. The maximum Gasteiger partial charge on any atom is 0.326 e. The van der Waals surface area contributed by atoms with E-state index in [1.54, 1.807) is 6.07 Å². The minimum absolute atomic E-state index is 0.137. The first-order valence-electron chi connectivity index (χ1n) is 15.0. The second-order valence-electron chi connectivity index (χ2n) is 12.2. The molecule has 44 heavy (non-hydrogen) atoms. The number of carboxylic acids is 1. The normalized spacial score (nSPS) is 24.0. The molecular weight excluding hydrogens is 609 g/mol. The number of nitrogens with zero attached hydrogens (tertiary/aromatic N) is 2. The Morgan fingerprint density at radius 2 is 1.70 bits per heavy atom.